The molecule has 2 N–H and O–H groups in total. The van der Waals surface area contributed by atoms with Gasteiger partial charge in [-0.1, -0.05) is 43.6 Å². The lowest BCUT2D eigenvalue weighted by molar-refractivity contribution is -0.118. The van der Waals surface area contributed by atoms with Crippen LogP contribution in [0.1, 0.15) is 43.7 Å². The first-order valence-electron chi connectivity index (χ1n) is 8.46. The molecule has 1 heterocycles. The second-order valence-electron chi connectivity index (χ2n) is 7.71. The van der Waals surface area contributed by atoms with E-state index in [1.165, 1.54) is 0 Å². The maximum absolute atomic E-state index is 13.0. The Hall–Kier alpha value is -2.26. The van der Waals surface area contributed by atoms with Gasteiger partial charge in [0.05, 0.1) is 0 Å². The van der Waals surface area contributed by atoms with Gasteiger partial charge in [-0.2, -0.15) is 0 Å². The summed E-state index contributed by atoms with van der Waals surface area (Å²) in [6.07, 6.45) is 1.36. The molecule has 2 aromatic carbocycles. The third-order valence-electron chi connectivity index (χ3n) is 5.05. The number of hydrogen-bond acceptors (Lipinski definition) is 3. The Labute approximate surface area is 152 Å². The normalized spacial score (nSPS) is 21.4. The summed E-state index contributed by atoms with van der Waals surface area (Å²) in [6, 6.07) is 13.0. The Kier molecular flexibility index (Phi) is 3.66. The van der Waals surface area contributed by atoms with Crippen LogP contribution in [-0.2, 0) is 4.79 Å². The molecule has 0 amide bonds. The van der Waals surface area contributed by atoms with Crippen molar-refractivity contribution in [3.05, 3.63) is 69.9 Å². The third kappa shape index (κ3) is 2.83. The monoisotopic (exact) mass is 353 g/mol. The summed E-state index contributed by atoms with van der Waals surface area (Å²) < 4.78 is 0. The third-order valence-corrected chi connectivity index (χ3v) is 5.30. The van der Waals surface area contributed by atoms with Crippen LogP contribution in [0, 0.1) is 5.41 Å². The minimum Gasteiger partial charge on any atom is -0.508 e. The molecule has 1 atom stereocenters. The molecule has 2 aromatic rings. The van der Waals surface area contributed by atoms with E-state index in [2.05, 4.69) is 19.2 Å². The summed E-state index contributed by atoms with van der Waals surface area (Å²) in [5.41, 5.74) is 4.66. The topological polar surface area (TPSA) is 49.3 Å². The van der Waals surface area contributed by atoms with Crippen LogP contribution in [0.5, 0.6) is 5.75 Å². The van der Waals surface area contributed by atoms with Gasteiger partial charge in [-0.15, -0.1) is 0 Å². The highest BCUT2D eigenvalue weighted by Crippen LogP contribution is 2.49. The molecule has 0 fully saturated rings. The summed E-state index contributed by atoms with van der Waals surface area (Å²) in [5.74, 6) is 0.275. The van der Waals surface area contributed by atoms with Crippen LogP contribution in [-0.4, -0.2) is 10.9 Å². The quantitative estimate of drug-likeness (QED) is 0.736. The first-order chi connectivity index (χ1) is 11.8. The van der Waals surface area contributed by atoms with Gasteiger partial charge >= 0.3 is 0 Å². The molecule has 1 aliphatic heterocycles. The van der Waals surface area contributed by atoms with Gasteiger partial charge in [0.1, 0.15) is 5.75 Å². The standard InChI is InChI=1S/C21H20ClNO2/c1-21(2)10-17-20(18(25)11-21)19(12-3-5-13(22)6-4-12)15-8-7-14(24)9-16(15)23-17/h3-9,19,23-24H,10-11H2,1-2H3/t19-/m0/s1. The SMILES string of the molecule is CC1(C)CC(=O)C2=C(C1)Nc1cc(O)ccc1[C@@H]2c1ccc(Cl)cc1. The van der Waals surface area contributed by atoms with Crippen molar-refractivity contribution >= 4 is 23.1 Å². The molecule has 0 saturated heterocycles. The zero-order valence-electron chi connectivity index (χ0n) is 14.3. The Morgan fingerprint density at radius 3 is 2.56 bits per heavy atom. The number of aromatic hydroxyl groups is 1. The fraction of sp³-hybridized carbons (Fsp3) is 0.286. The zero-order chi connectivity index (χ0) is 17.8. The largest absolute Gasteiger partial charge is 0.508 e. The number of phenolic OH excluding ortho intramolecular Hbond substituents is 1. The molecule has 0 bridgehead atoms. The van der Waals surface area contributed by atoms with Crippen LogP contribution in [0.2, 0.25) is 5.02 Å². The van der Waals surface area contributed by atoms with Crippen molar-refractivity contribution in [2.45, 2.75) is 32.6 Å². The molecule has 0 aromatic heterocycles. The van der Waals surface area contributed by atoms with E-state index in [0.717, 1.165) is 34.5 Å². The fourth-order valence-corrected chi connectivity index (χ4v) is 4.13. The number of anilines is 1. The summed E-state index contributed by atoms with van der Waals surface area (Å²) in [5, 5.41) is 14.0. The number of allylic oxidation sites excluding steroid dienone is 2. The number of rotatable bonds is 1. The average Bonchev–Trinajstić information content (AvgIpc) is 2.52. The molecule has 4 heteroatoms. The minimum absolute atomic E-state index is 0.0677. The highest BCUT2D eigenvalue weighted by molar-refractivity contribution is 6.30. The summed E-state index contributed by atoms with van der Waals surface area (Å²) in [6.45, 7) is 4.23. The second-order valence-corrected chi connectivity index (χ2v) is 8.15. The number of Topliss-reactive ketones (excluding diaryl/α,β-unsaturated/α-hetero) is 1. The Morgan fingerprint density at radius 1 is 1.12 bits per heavy atom. The number of carbonyl (C=O) groups excluding carboxylic acids is 1. The zero-order valence-corrected chi connectivity index (χ0v) is 15.0. The Bertz CT molecular complexity index is 897. The molecule has 0 radical (unpaired) electrons. The smallest absolute Gasteiger partial charge is 0.162 e. The van der Waals surface area contributed by atoms with Gasteiger partial charge < -0.3 is 10.4 Å². The molecule has 3 nitrogen and oxygen atoms in total. The molecule has 0 spiro atoms. The number of halogens is 1. The molecular formula is C21H20ClNO2. The van der Waals surface area contributed by atoms with Gasteiger partial charge in [0, 0.05) is 40.4 Å². The number of phenols is 1. The number of fused-ring (bicyclic) bond motifs is 1. The van der Waals surface area contributed by atoms with Crippen molar-refractivity contribution in [3.8, 4) is 5.75 Å². The summed E-state index contributed by atoms with van der Waals surface area (Å²) in [4.78, 5) is 13.0. The molecule has 128 valence electrons. The summed E-state index contributed by atoms with van der Waals surface area (Å²) in [7, 11) is 0. The van der Waals surface area contributed by atoms with E-state index in [9.17, 15) is 9.90 Å². The first kappa shape index (κ1) is 16.2. The molecule has 0 unspecified atom stereocenters. The van der Waals surface area contributed by atoms with Gasteiger partial charge in [-0.05, 0) is 41.2 Å². The highest BCUT2D eigenvalue weighted by Gasteiger charge is 2.40. The van der Waals surface area contributed by atoms with Crippen molar-refractivity contribution in [1.82, 2.24) is 0 Å². The van der Waals surface area contributed by atoms with E-state index < -0.39 is 0 Å². The number of benzene rings is 2. The van der Waals surface area contributed by atoms with E-state index in [4.69, 9.17) is 11.6 Å². The van der Waals surface area contributed by atoms with Crippen molar-refractivity contribution in [3.63, 3.8) is 0 Å². The van der Waals surface area contributed by atoms with Gasteiger partial charge in [0.15, 0.2) is 5.78 Å². The highest BCUT2D eigenvalue weighted by atomic mass is 35.5. The lowest BCUT2D eigenvalue weighted by Crippen LogP contribution is -2.33. The van der Waals surface area contributed by atoms with Crippen LogP contribution >= 0.6 is 11.6 Å². The lowest BCUT2D eigenvalue weighted by Gasteiger charge is -2.39. The lowest BCUT2D eigenvalue weighted by atomic mass is 9.69. The van der Waals surface area contributed by atoms with E-state index >= 15 is 0 Å². The molecule has 0 saturated carbocycles. The van der Waals surface area contributed by atoms with Crippen LogP contribution < -0.4 is 5.32 Å². The van der Waals surface area contributed by atoms with Crippen LogP contribution in [0.15, 0.2) is 53.7 Å². The van der Waals surface area contributed by atoms with Gasteiger partial charge in [0.25, 0.3) is 0 Å². The predicted octanol–water partition coefficient (Wildman–Crippen LogP) is 5.25. The number of carbonyl (C=O) groups is 1. The van der Waals surface area contributed by atoms with Crippen molar-refractivity contribution in [2.75, 3.05) is 5.32 Å². The molecular weight excluding hydrogens is 334 g/mol. The Morgan fingerprint density at radius 2 is 1.84 bits per heavy atom. The van der Waals surface area contributed by atoms with Crippen molar-refractivity contribution in [2.24, 2.45) is 5.41 Å². The minimum atomic E-state index is -0.132. The van der Waals surface area contributed by atoms with E-state index in [-0.39, 0.29) is 22.9 Å². The number of hydrogen-bond donors (Lipinski definition) is 2. The van der Waals surface area contributed by atoms with Crippen molar-refractivity contribution < 1.29 is 9.90 Å². The van der Waals surface area contributed by atoms with Gasteiger partial charge in [0.2, 0.25) is 0 Å². The van der Waals surface area contributed by atoms with Gasteiger partial charge in [-0.3, -0.25) is 4.79 Å². The predicted molar refractivity (Wildman–Crippen MR) is 100 cm³/mol. The van der Waals surface area contributed by atoms with E-state index in [0.29, 0.717) is 11.4 Å². The summed E-state index contributed by atoms with van der Waals surface area (Å²) >= 11 is 6.05. The van der Waals surface area contributed by atoms with Gasteiger partial charge in [-0.25, -0.2) is 0 Å². The maximum atomic E-state index is 13.0. The second kappa shape index (κ2) is 5.63. The van der Waals surface area contributed by atoms with Crippen LogP contribution in [0.25, 0.3) is 0 Å². The number of nitrogens with one attached hydrogen (secondary N) is 1. The first-order valence-corrected chi connectivity index (χ1v) is 8.83. The van der Waals surface area contributed by atoms with E-state index in [1.54, 1.807) is 12.1 Å². The van der Waals surface area contributed by atoms with E-state index in [1.807, 2.05) is 30.3 Å². The Balaban J connectivity index is 1.93. The van der Waals surface area contributed by atoms with Crippen molar-refractivity contribution in [1.29, 1.82) is 0 Å². The van der Waals surface area contributed by atoms with Crippen LogP contribution in [0.3, 0.4) is 0 Å². The average molecular weight is 354 g/mol. The molecule has 25 heavy (non-hydrogen) atoms. The molecule has 2 aliphatic rings. The molecule has 4 rings (SSSR count). The fourth-order valence-electron chi connectivity index (χ4n) is 4.00. The molecule has 1 aliphatic carbocycles. The van der Waals surface area contributed by atoms with Crippen LogP contribution in [0.4, 0.5) is 5.69 Å². The maximum Gasteiger partial charge on any atom is 0.162 e. The number of ketones is 1.